The SMILES string of the molecule is Cc1ccc(S(=O)(=O)Oc2cc(Cl)nnc2Oc2ccccc2-c2ccccc2)cc1. The van der Waals surface area contributed by atoms with Crippen LogP contribution >= 0.6 is 11.6 Å². The lowest BCUT2D eigenvalue weighted by Crippen LogP contribution is -2.11. The van der Waals surface area contributed by atoms with Crippen molar-refractivity contribution in [1.82, 2.24) is 10.2 Å². The Bertz CT molecular complexity index is 1310. The number of rotatable bonds is 6. The maximum Gasteiger partial charge on any atom is 0.339 e. The third-order valence-electron chi connectivity index (χ3n) is 4.38. The molecule has 31 heavy (non-hydrogen) atoms. The van der Waals surface area contributed by atoms with Gasteiger partial charge in [0.05, 0.1) is 0 Å². The summed E-state index contributed by atoms with van der Waals surface area (Å²) >= 11 is 5.94. The maximum absolute atomic E-state index is 12.7. The van der Waals surface area contributed by atoms with Gasteiger partial charge in [0.1, 0.15) is 10.6 Å². The highest BCUT2D eigenvalue weighted by molar-refractivity contribution is 7.87. The summed E-state index contributed by atoms with van der Waals surface area (Å²) in [6.07, 6.45) is 0. The molecule has 0 aliphatic rings. The highest BCUT2D eigenvalue weighted by Gasteiger charge is 2.22. The molecule has 156 valence electrons. The Morgan fingerprint density at radius 2 is 1.48 bits per heavy atom. The van der Waals surface area contributed by atoms with Gasteiger partial charge >= 0.3 is 10.1 Å². The zero-order valence-corrected chi connectivity index (χ0v) is 18.0. The number of hydrogen-bond acceptors (Lipinski definition) is 6. The molecular formula is C23H17ClN2O4S. The molecule has 0 atom stereocenters. The van der Waals surface area contributed by atoms with E-state index in [1.807, 2.05) is 49.4 Å². The van der Waals surface area contributed by atoms with E-state index < -0.39 is 10.1 Å². The Balaban J connectivity index is 1.70. The van der Waals surface area contributed by atoms with E-state index in [0.29, 0.717) is 5.75 Å². The van der Waals surface area contributed by atoms with Crippen molar-refractivity contribution in [3.63, 3.8) is 0 Å². The van der Waals surface area contributed by atoms with Crippen LogP contribution in [0.3, 0.4) is 0 Å². The predicted octanol–water partition coefficient (Wildman–Crippen LogP) is 5.67. The molecule has 4 rings (SSSR count). The van der Waals surface area contributed by atoms with Gasteiger partial charge in [-0.3, -0.25) is 0 Å². The van der Waals surface area contributed by atoms with Crippen molar-refractivity contribution < 1.29 is 17.3 Å². The Labute approximate surface area is 185 Å². The number of para-hydroxylation sites is 1. The fourth-order valence-electron chi connectivity index (χ4n) is 2.86. The van der Waals surface area contributed by atoms with Crippen LogP contribution in [0.25, 0.3) is 11.1 Å². The van der Waals surface area contributed by atoms with Crippen molar-refractivity contribution in [3.05, 3.63) is 95.6 Å². The lowest BCUT2D eigenvalue weighted by atomic mass is 10.1. The summed E-state index contributed by atoms with van der Waals surface area (Å²) in [5.41, 5.74) is 2.65. The van der Waals surface area contributed by atoms with Gasteiger partial charge in [-0.1, -0.05) is 77.8 Å². The van der Waals surface area contributed by atoms with E-state index in [-0.39, 0.29) is 21.7 Å². The average molecular weight is 453 g/mol. The Morgan fingerprint density at radius 1 is 0.806 bits per heavy atom. The van der Waals surface area contributed by atoms with Gasteiger partial charge in [0, 0.05) is 11.6 Å². The molecule has 0 saturated heterocycles. The Morgan fingerprint density at radius 3 is 2.23 bits per heavy atom. The molecule has 0 N–H and O–H groups in total. The van der Waals surface area contributed by atoms with Crippen molar-refractivity contribution in [2.75, 3.05) is 0 Å². The van der Waals surface area contributed by atoms with Crippen molar-refractivity contribution >= 4 is 21.7 Å². The number of aryl methyl sites for hydroxylation is 1. The van der Waals surface area contributed by atoms with Crippen molar-refractivity contribution in [2.45, 2.75) is 11.8 Å². The zero-order valence-electron chi connectivity index (χ0n) is 16.4. The van der Waals surface area contributed by atoms with Gasteiger partial charge in [0.2, 0.25) is 5.75 Å². The van der Waals surface area contributed by atoms with Crippen molar-refractivity contribution in [2.24, 2.45) is 0 Å². The van der Waals surface area contributed by atoms with Gasteiger partial charge in [0.25, 0.3) is 5.88 Å². The normalized spacial score (nSPS) is 11.2. The first-order valence-electron chi connectivity index (χ1n) is 9.29. The molecule has 1 aromatic heterocycles. The minimum absolute atomic E-state index is 0.00155. The Hall–Kier alpha value is -3.42. The van der Waals surface area contributed by atoms with Gasteiger partial charge in [0.15, 0.2) is 5.15 Å². The molecule has 0 amide bonds. The molecule has 0 aliphatic heterocycles. The summed E-state index contributed by atoms with van der Waals surface area (Å²) in [6, 6.07) is 24.5. The van der Waals surface area contributed by atoms with Crippen molar-refractivity contribution in [3.8, 4) is 28.5 Å². The average Bonchev–Trinajstić information content (AvgIpc) is 2.77. The fraction of sp³-hybridized carbons (Fsp3) is 0.0435. The van der Waals surface area contributed by atoms with E-state index >= 15 is 0 Å². The Kier molecular flexibility index (Phi) is 5.88. The quantitative estimate of drug-likeness (QED) is 0.351. The number of hydrogen-bond donors (Lipinski definition) is 0. The fourth-order valence-corrected chi connectivity index (χ4v) is 3.92. The monoisotopic (exact) mass is 452 g/mol. The minimum atomic E-state index is -4.13. The third kappa shape index (κ3) is 4.84. The second kappa shape index (κ2) is 8.75. The first-order valence-corrected chi connectivity index (χ1v) is 11.1. The van der Waals surface area contributed by atoms with Crippen LogP contribution in [0, 0.1) is 6.92 Å². The second-order valence-electron chi connectivity index (χ2n) is 6.65. The zero-order chi connectivity index (χ0) is 21.8. The molecule has 0 saturated carbocycles. The third-order valence-corrected chi connectivity index (χ3v) is 5.82. The van der Waals surface area contributed by atoms with Gasteiger partial charge in [-0.2, -0.15) is 8.42 Å². The standard InChI is InChI=1S/C23H17ClN2O4S/c1-16-11-13-18(14-12-16)31(27,28)30-21-15-22(24)25-26-23(21)29-20-10-6-5-9-19(20)17-7-3-2-4-8-17/h2-15H,1H3. The van der Waals surface area contributed by atoms with E-state index in [9.17, 15) is 8.42 Å². The molecule has 6 nitrogen and oxygen atoms in total. The van der Waals surface area contributed by atoms with Crippen LogP contribution in [0.5, 0.6) is 17.4 Å². The molecule has 4 aromatic rings. The highest BCUT2D eigenvalue weighted by atomic mass is 35.5. The van der Waals surface area contributed by atoms with Crippen LogP contribution in [0.2, 0.25) is 5.15 Å². The lowest BCUT2D eigenvalue weighted by molar-refractivity contribution is 0.416. The van der Waals surface area contributed by atoms with Crippen LogP contribution in [-0.2, 0) is 10.1 Å². The maximum atomic E-state index is 12.7. The molecule has 0 spiro atoms. The van der Waals surface area contributed by atoms with Crippen LogP contribution in [0.15, 0.2) is 89.8 Å². The number of nitrogens with zero attached hydrogens (tertiary/aromatic N) is 2. The van der Waals surface area contributed by atoms with E-state index in [2.05, 4.69) is 10.2 Å². The van der Waals surface area contributed by atoms with E-state index in [1.165, 1.54) is 18.2 Å². The number of halogens is 1. The molecular weight excluding hydrogens is 436 g/mol. The first-order chi connectivity index (χ1) is 14.9. The summed E-state index contributed by atoms with van der Waals surface area (Å²) in [7, 11) is -4.13. The van der Waals surface area contributed by atoms with Crippen LogP contribution in [0.1, 0.15) is 5.56 Å². The van der Waals surface area contributed by atoms with Gasteiger partial charge in [-0.25, -0.2) is 0 Å². The summed E-state index contributed by atoms with van der Waals surface area (Å²) in [5.74, 6) is 0.176. The number of ether oxygens (including phenoxy) is 1. The van der Waals surface area contributed by atoms with Gasteiger partial charge in [-0.15, -0.1) is 10.2 Å². The highest BCUT2D eigenvalue weighted by Crippen LogP contribution is 2.37. The van der Waals surface area contributed by atoms with Crippen LogP contribution in [-0.4, -0.2) is 18.6 Å². The number of aromatic nitrogens is 2. The van der Waals surface area contributed by atoms with Crippen LogP contribution in [0.4, 0.5) is 0 Å². The number of benzene rings is 3. The van der Waals surface area contributed by atoms with Gasteiger partial charge < -0.3 is 8.92 Å². The molecule has 0 aliphatic carbocycles. The molecule has 1 heterocycles. The molecule has 0 bridgehead atoms. The van der Waals surface area contributed by atoms with E-state index in [4.69, 9.17) is 20.5 Å². The smallest absolute Gasteiger partial charge is 0.339 e. The molecule has 3 aromatic carbocycles. The van der Waals surface area contributed by atoms with Crippen molar-refractivity contribution in [1.29, 1.82) is 0 Å². The van der Waals surface area contributed by atoms with E-state index in [0.717, 1.165) is 16.7 Å². The molecule has 8 heteroatoms. The van der Waals surface area contributed by atoms with E-state index in [1.54, 1.807) is 24.3 Å². The summed E-state index contributed by atoms with van der Waals surface area (Å²) in [5, 5.41) is 7.65. The minimum Gasteiger partial charge on any atom is -0.434 e. The largest absolute Gasteiger partial charge is 0.434 e. The predicted molar refractivity (Wildman–Crippen MR) is 118 cm³/mol. The summed E-state index contributed by atoms with van der Waals surface area (Å²) in [6.45, 7) is 1.86. The second-order valence-corrected chi connectivity index (χ2v) is 8.58. The van der Waals surface area contributed by atoms with Crippen LogP contribution < -0.4 is 8.92 Å². The topological polar surface area (TPSA) is 78.4 Å². The first kappa shape index (κ1) is 20.8. The lowest BCUT2D eigenvalue weighted by Gasteiger charge is -2.14. The molecule has 0 radical (unpaired) electrons. The molecule has 0 fully saturated rings. The summed E-state index contributed by atoms with van der Waals surface area (Å²) < 4.78 is 36.7. The molecule has 0 unspecified atom stereocenters. The summed E-state index contributed by atoms with van der Waals surface area (Å²) in [4.78, 5) is 0.00155. The van der Waals surface area contributed by atoms with Gasteiger partial charge in [-0.05, 0) is 30.7 Å².